The number of phenols is 1. The number of fused-ring (bicyclic) bond motifs is 1. The molecule has 7 nitrogen and oxygen atoms in total. The van der Waals surface area contributed by atoms with E-state index in [1.165, 1.54) is 5.56 Å². The van der Waals surface area contributed by atoms with E-state index in [1.807, 2.05) is 23.7 Å². The van der Waals surface area contributed by atoms with Gasteiger partial charge in [0.1, 0.15) is 11.4 Å². The fourth-order valence-electron chi connectivity index (χ4n) is 3.49. The second-order valence-corrected chi connectivity index (χ2v) is 14.6. The quantitative estimate of drug-likeness (QED) is 0.506. The number of nitrogens with two attached hydrogens (primary N) is 1. The number of amides is 1. The van der Waals surface area contributed by atoms with Gasteiger partial charge in [0.05, 0.1) is 19.0 Å². The van der Waals surface area contributed by atoms with Crippen LogP contribution in [-0.2, 0) is 17.9 Å². The van der Waals surface area contributed by atoms with Gasteiger partial charge in [0.25, 0.3) is 5.91 Å². The van der Waals surface area contributed by atoms with Gasteiger partial charge >= 0.3 is 0 Å². The molecule has 31 heavy (non-hydrogen) atoms. The van der Waals surface area contributed by atoms with E-state index in [1.54, 1.807) is 18.6 Å². The van der Waals surface area contributed by atoms with Crippen LogP contribution in [0.3, 0.4) is 0 Å². The van der Waals surface area contributed by atoms with Crippen LogP contribution in [-0.4, -0.2) is 40.1 Å². The average Bonchev–Trinajstić information content (AvgIpc) is 3.26. The number of benzene rings is 1. The van der Waals surface area contributed by atoms with Crippen molar-refractivity contribution in [2.75, 3.05) is 6.61 Å². The molecule has 1 amide bonds. The molecular weight excluding hydrogens is 408 g/mol. The van der Waals surface area contributed by atoms with Crippen LogP contribution in [0.25, 0.3) is 10.9 Å². The van der Waals surface area contributed by atoms with Crippen molar-refractivity contribution in [3.8, 4) is 5.75 Å². The molecule has 3 rings (SSSR count). The van der Waals surface area contributed by atoms with Crippen molar-refractivity contribution in [3.63, 3.8) is 0 Å². The highest BCUT2D eigenvalue weighted by Crippen LogP contribution is 2.37. The third kappa shape index (κ3) is 5.02. The summed E-state index contributed by atoms with van der Waals surface area (Å²) in [4.78, 5) is 15.7. The molecule has 8 heteroatoms. The van der Waals surface area contributed by atoms with E-state index in [0.717, 1.165) is 23.7 Å². The number of carbonyl (C=O) groups is 1. The Morgan fingerprint density at radius 1 is 1.29 bits per heavy atom. The van der Waals surface area contributed by atoms with Crippen molar-refractivity contribution in [1.82, 2.24) is 14.1 Å². The van der Waals surface area contributed by atoms with Crippen molar-refractivity contribution in [2.24, 2.45) is 12.8 Å². The van der Waals surface area contributed by atoms with Crippen molar-refractivity contribution >= 4 is 25.1 Å². The van der Waals surface area contributed by atoms with Crippen LogP contribution in [0, 0.1) is 0 Å². The monoisotopic (exact) mass is 442 g/mol. The average molecular weight is 443 g/mol. The van der Waals surface area contributed by atoms with Gasteiger partial charge in [-0.2, -0.15) is 0 Å². The molecule has 0 saturated heterocycles. The number of hydrogen-bond donors (Lipinski definition) is 2. The van der Waals surface area contributed by atoms with Gasteiger partial charge in [-0.15, -0.1) is 0 Å². The maximum absolute atomic E-state index is 11.5. The zero-order valence-electron chi connectivity index (χ0n) is 19.3. The van der Waals surface area contributed by atoms with E-state index in [-0.39, 0.29) is 22.5 Å². The minimum absolute atomic E-state index is 0.0160. The molecule has 3 aromatic rings. The second-order valence-electron chi connectivity index (χ2n) is 9.80. The summed E-state index contributed by atoms with van der Waals surface area (Å²) in [7, 11) is 0.0764. The van der Waals surface area contributed by atoms with Crippen molar-refractivity contribution in [3.05, 3.63) is 48.2 Å². The number of aromatic hydroxyl groups is 1. The summed E-state index contributed by atoms with van der Waals surface area (Å²) in [5.74, 6) is -0.272. The lowest BCUT2D eigenvalue weighted by Crippen LogP contribution is -2.42. The number of nitrogens with zero attached hydrogens (tertiary/aromatic N) is 3. The van der Waals surface area contributed by atoms with Gasteiger partial charge in [-0.1, -0.05) is 20.8 Å². The number of carbonyl (C=O) groups excluding carboxylic acids is 1. The molecule has 1 atom stereocenters. The summed E-state index contributed by atoms with van der Waals surface area (Å²) in [6.45, 7) is 11.7. The molecule has 0 aliphatic rings. The zero-order valence-corrected chi connectivity index (χ0v) is 20.3. The van der Waals surface area contributed by atoms with Gasteiger partial charge in [0.2, 0.25) is 0 Å². The van der Waals surface area contributed by atoms with E-state index >= 15 is 0 Å². The number of primary amides is 1. The molecule has 0 spiro atoms. The summed E-state index contributed by atoms with van der Waals surface area (Å²) >= 11 is 0. The molecule has 1 aromatic carbocycles. The smallest absolute Gasteiger partial charge is 0.268 e. The Morgan fingerprint density at radius 3 is 2.61 bits per heavy atom. The molecule has 0 aliphatic heterocycles. The van der Waals surface area contributed by atoms with E-state index < -0.39 is 14.2 Å². The summed E-state index contributed by atoms with van der Waals surface area (Å²) in [6, 6.07) is 5.47. The summed E-state index contributed by atoms with van der Waals surface area (Å²) in [6.07, 6.45) is 7.08. The first-order valence-corrected chi connectivity index (χ1v) is 13.5. The standard InChI is InChI=1S/C23H34N4O3Si/c1-23(2,3)31(5,6)30-14-17(27-13-20(22(24)29)25-15-27)8-7-16-12-26(4)21-10-9-18(28)11-19(16)21/h9-13,15,17,28H,7-8,14H2,1-6H3,(H2,24,29). The van der Waals surface area contributed by atoms with Crippen molar-refractivity contribution in [2.45, 2.75) is 57.8 Å². The fourth-order valence-corrected chi connectivity index (χ4v) is 4.53. The minimum Gasteiger partial charge on any atom is -0.508 e. The third-order valence-corrected chi connectivity index (χ3v) is 11.0. The molecule has 0 bridgehead atoms. The maximum atomic E-state index is 11.5. The molecule has 0 fully saturated rings. The molecule has 2 aromatic heterocycles. The summed E-state index contributed by atoms with van der Waals surface area (Å²) < 4.78 is 10.5. The Bertz CT molecular complexity index is 1080. The zero-order chi connectivity index (χ0) is 23.0. The first-order valence-electron chi connectivity index (χ1n) is 10.6. The predicted molar refractivity (Wildman–Crippen MR) is 126 cm³/mol. The lowest BCUT2D eigenvalue weighted by Gasteiger charge is -2.37. The number of hydrogen-bond acceptors (Lipinski definition) is 4. The SMILES string of the molecule is Cn1cc(CCC(CO[Si](C)(C)C(C)(C)C)n2cnc(C(N)=O)c2)c2cc(O)ccc21. The Morgan fingerprint density at radius 2 is 2.00 bits per heavy atom. The van der Waals surface area contributed by atoms with Gasteiger partial charge in [-0.3, -0.25) is 4.79 Å². The first-order chi connectivity index (χ1) is 14.4. The molecule has 168 valence electrons. The molecule has 2 heterocycles. The van der Waals surface area contributed by atoms with Gasteiger partial charge in [0, 0.05) is 30.3 Å². The molecule has 3 N–H and O–H groups in total. The molecular formula is C23H34N4O3Si. The Labute approximate surface area is 185 Å². The largest absolute Gasteiger partial charge is 0.508 e. The highest BCUT2D eigenvalue weighted by Gasteiger charge is 2.37. The van der Waals surface area contributed by atoms with Crippen LogP contribution in [0.5, 0.6) is 5.75 Å². The van der Waals surface area contributed by atoms with Gasteiger partial charge < -0.3 is 24.4 Å². The fraction of sp³-hybridized carbons (Fsp3) is 0.478. The van der Waals surface area contributed by atoms with Crippen LogP contribution in [0.2, 0.25) is 18.1 Å². The van der Waals surface area contributed by atoms with E-state index in [2.05, 4.69) is 49.6 Å². The number of imidazole rings is 1. The summed E-state index contributed by atoms with van der Waals surface area (Å²) in [5.41, 5.74) is 7.91. The van der Waals surface area contributed by atoms with Crippen LogP contribution in [0.1, 0.15) is 49.3 Å². The van der Waals surface area contributed by atoms with Gasteiger partial charge in [0.15, 0.2) is 8.32 Å². The van der Waals surface area contributed by atoms with Crippen LogP contribution < -0.4 is 5.73 Å². The van der Waals surface area contributed by atoms with Gasteiger partial charge in [-0.05, 0) is 54.7 Å². The predicted octanol–water partition coefficient (Wildman–Crippen LogP) is 4.38. The second kappa shape index (κ2) is 8.51. The lowest BCUT2D eigenvalue weighted by molar-refractivity contribution is 0.0995. The van der Waals surface area contributed by atoms with Crippen LogP contribution in [0.4, 0.5) is 0 Å². The third-order valence-electron chi connectivity index (χ3n) is 6.52. The molecule has 0 saturated carbocycles. The van der Waals surface area contributed by atoms with Gasteiger partial charge in [-0.25, -0.2) is 4.98 Å². The lowest BCUT2D eigenvalue weighted by atomic mass is 10.0. The Hall–Kier alpha value is -2.58. The van der Waals surface area contributed by atoms with Crippen LogP contribution in [0.15, 0.2) is 36.9 Å². The minimum atomic E-state index is -1.93. The highest BCUT2D eigenvalue weighted by atomic mass is 28.4. The van der Waals surface area contributed by atoms with E-state index in [9.17, 15) is 9.90 Å². The molecule has 0 radical (unpaired) electrons. The normalized spacial score (nSPS) is 13.6. The number of rotatable bonds is 8. The van der Waals surface area contributed by atoms with Crippen LogP contribution >= 0.6 is 0 Å². The molecule has 1 unspecified atom stereocenters. The van der Waals surface area contributed by atoms with E-state index in [0.29, 0.717) is 6.61 Å². The van der Waals surface area contributed by atoms with Crippen molar-refractivity contribution in [1.29, 1.82) is 0 Å². The van der Waals surface area contributed by atoms with E-state index in [4.69, 9.17) is 10.2 Å². The first kappa shape index (κ1) is 23.1. The Balaban J connectivity index is 1.84. The number of phenolic OH excluding ortho intramolecular Hbond substituents is 1. The highest BCUT2D eigenvalue weighted by molar-refractivity contribution is 6.74. The topological polar surface area (TPSA) is 95.3 Å². The summed E-state index contributed by atoms with van der Waals surface area (Å²) in [5, 5.41) is 11.1. The molecule has 0 aliphatic carbocycles. The maximum Gasteiger partial charge on any atom is 0.268 e. The Kier molecular flexibility index (Phi) is 6.34. The number of aryl methyl sites for hydroxylation is 2. The number of aromatic nitrogens is 3. The van der Waals surface area contributed by atoms with Crippen molar-refractivity contribution < 1.29 is 14.3 Å².